The lowest BCUT2D eigenvalue weighted by Gasteiger charge is -2.26. The maximum absolute atomic E-state index is 12.3. The van der Waals surface area contributed by atoms with Gasteiger partial charge in [0.05, 0.1) is 13.2 Å². The molecule has 6 nitrogen and oxygen atoms in total. The highest BCUT2D eigenvalue weighted by Gasteiger charge is 2.20. The average Bonchev–Trinajstić information content (AvgIpc) is 2.55. The molecule has 6 heteroatoms. The van der Waals surface area contributed by atoms with Crippen molar-refractivity contribution in [3.63, 3.8) is 0 Å². The third kappa shape index (κ3) is 4.26. The van der Waals surface area contributed by atoms with Crippen LogP contribution in [-0.4, -0.2) is 54.5 Å². The first-order valence-corrected chi connectivity index (χ1v) is 7.33. The van der Waals surface area contributed by atoms with E-state index in [9.17, 15) is 9.59 Å². The van der Waals surface area contributed by atoms with Gasteiger partial charge in [-0.25, -0.2) is 0 Å². The van der Waals surface area contributed by atoms with Gasteiger partial charge in [0.15, 0.2) is 0 Å². The third-order valence-corrected chi connectivity index (χ3v) is 3.36. The summed E-state index contributed by atoms with van der Waals surface area (Å²) in [5, 5.41) is 2.83. The van der Waals surface area contributed by atoms with Gasteiger partial charge in [-0.15, -0.1) is 0 Å². The predicted octanol–water partition coefficient (Wildman–Crippen LogP) is 1.08. The van der Waals surface area contributed by atoms with Gasteiger partial charge in [0, 0.05) is 31.4 Å². The number of amides is 2. The van der Waals surface area contributed by atoms with E-state index in [0.29, 0.717) is 44.1 Å². The van der Waals surface area contributed by atoms with Gasteiger partial charge in [0.1, 0.15) is 5.69 Å². The highest BCUT2D eigenvalue weighted by molar-refractivity contribution is 5.98. The second kappa shape index (κ2) is 7.73. The minimum absolute atomic E-state index is 0.151. The van der Waals surface area contributed by atoms with E-state index in [1.807, 2.05) is 0 Å². The average molecular weight is 291 g/mol. The summed E-state index contributed by atoms with van der Waals surface area (Å²) in [6, 6.07) is 3.18. The molecule has 1 N–H and O–H groups in total. The number of ether oxygens (including phenoxy) is 1. The molecule has 1 aliphatic heterocycles. The van der Waals surface area contributed by atoms with Gasteiger partial charge in [-0.2, -0.15) is 0 Å². The van der Waals surface area contributed by atoms with Crippen molar-refractivity contribution >= 4 is 11.8 Å². The quantitative estimate of drug-likeness (QED) is 0.824. The zero-order valence-electron chi connectivity index (χ0n) is 12.3. The first kappa shape index (κ1) is 15.4. The van der Waals surface area contributed by atoms with Crippen LogP contribution in [0.25, 0.3) is 0 Å². The number of morpholine rings is 1. The van der Waals surface area contributed by atoms with E-state index in [2.05, 4.69) is 17.2 Å². The first-order chi connectivity index (χ1) is 10.2. The zero-order chi connectivity index (χ0) is 15.1. The molecule has 0 saturated carbocycles. The summed E-state index contributed by atoms with van der Waals surface area (Å²) in [6.45, 7) is 4.93. The Morgan fingerprint density at radius 1 is 1.38 bits per heavy atom. The molecule has 2 amide bonds. The molecule has 1 aromatic rings. The normalized spacial score (nSPS) is 14.8. The number of rotatable bonds is 5. The molecule has 1 saturated heterocycles. The minimum atomic E-state index is -0.165. The number of hydrogen-bond acceptors (Lipinski definition) is 4. The molecule has 21 heavy (non-hydrogen) atoms. The number of hydrogen-bond donors (Lipinski definition) is 1. The number of carbonyl (C=O) groups is 2. The minimum Gasteiger partial charge on any atom is -0.378 e. The summed E-state index contributed by atoms with van der Waals surface area (Å²) < 4.78 is 5.22. The van der Waals surface area contributed by atoms with Gasteiger partial charge >= 0.3 is 0 Å². The summed E-state index contributed by atoms with van der Waals surface area (Å²) >= 11 is 0. The molecule has 2 heterocycles. The largest absolute Gasteiger partial charge is 0.378 e. The summed E-state index contributed by atoms with van der Waals surface area (Å²) in [6.07, 6.45) is 3.47. The number of carbonyl (C=O) groups excluding carboxylic acids is 2. The topological polar surface area (TPSA) is 71.5 Å². The fraction of sp³-hybridized carbons (Fsp3) is 0.533. The van der Waals surface area contributed by atoms with E-state index >= 15 is 0 Å². The van der Waals surface area contributed by atoms with E-state index in [0.717, 1.165) is 12.8 Å². The monoisotopic (exact) mass is 291 g/mol. The van der Waals surface area contributed by atoms with Gasteiger partial charge in [-0.3, -0.25) is 14.6 Å². The Hall–Kier alpha value is -1.95. The SMILES string of the molecule is CCCCNC(=O)c1ccnc(C(=O)N2CCOCC2)c1. The van der Waals surface area contributed by atoms with Crippen molar-refractivity contribution in [1.82, 2.24) is 15.2 Å². The maximum Gasteiger partial charge on any atom is 0.272 e. The second-order valence-electron chi connectivity index (χ2n) is 4.94. The molecule has 1 aliphatic rings. The van der Waals surface area contributed by atoms with E-state index in [1.54, 1.807) is 17.0 Å². The fourth-order valence-corrected chi connectivity index (χ4v) is 2.10. The van der Waals surface area contributed by atoms with Crippen molar-refractivity contribution in [2.75, 3.05) is 32.8 Å². The van der Waals surface area contributed by atoms with Crippen molar-refractivity contribution in [3.8, 4) is 0 Å². The molecule has 0 unspecified atom stereocenters. The molecular weight excluding hydrogens is 270 g/mol. The summed E-state index contributed by atoms with van der Waals surface area (Å²) in [5.41, 5.74) is 0.776. The van der Waals surface area contributed by atoms with Crippen LogP contribution < -0.4 is 5.32 Å². The number of nitrogens with zero attached hydrogens (tertiary/aromatic N) is 2. The molecule has 114 valence electrons. The smallest absolute Gasteiger partial charge is 0.272 e. The number of pyridine rings is 1. The highest BCUT2D eigenvalue weighted by atomic mass is 16.5. The van der Waals surface area contributed by atoms with Crippen LogP contribution in [0.15, 0.2) is 18.3 Å². The lowest BCUT2D eigenvalue weighted by molar-refractivity contribution is 0.0299. The number of aromatic nitrogens is 1. The van der Waals surface area contributed by atoms with Gasteiger partial charge in [-0.1, -0.05) is 13.3 Å². The standard InChI is InChI=1S/C15H21N3O3/c1-2-3-5-17-14(19)12-4-6-16-13(11-12)15(20)18-7-9-21-10-8-18/h4,6,11H,2-3,5,7-10H2,1H3,(H,17,19). The summed E-state index contributed by atoms with van der Waals surface area (Å²) in [5.74, 6) is -0.316. The van der Waals surface area contributed by atoms with Crippen LogP contribution in [-0.2, 0) is 4.74 Å². The first-order valence-electron chi connectivity index (χ1n) is 7.33. The van der Waals surface area contributed by atoms with Gasteiger partial charge < -0.3 is 15.0 Å². The van der Waals surface area contributed by atoms with Crippen molar-refractivity contribution < 1.29 is 14.3 Å². The highest BCUT2D eigenvalue weighted by Crippen LogP contribution is 2.08. The van der Waals surface area contributed by atoms with Crippen LogP contribution in [0, 0.1) is 0 Å². The molecule has 0 aromatic carbocycles. The molecule has 1 aromatic heterocycles. The van der Waals surface area contributed by atoms with Crippen LogP contribution in [0.2, 0.25) is 0 Å². The molecular formula is C15H21N3O3. The summed E-state index contributed by atoms with van der Waals surface area (Å²) in [7, 11) is 0. The Morgan fingerprint density at radius 3 is 2.86 bits per heavy atom. The molecule has 2 rings (SSSR count). The number of nitrogens with one attached hydrogen (secondary N) is 1. The molecule has 1 fully saturated rings. The van der Waals surface area contributed by atoms with Crippen LogP contribution in [0.1, 0.15) is 40.6 Å². The van der Waals surface area contributed by atoms with E-state index < -0.39 is 0 Å². The second-order valence-corrected chi connectivity index (χ2v) is 4.94. The molecule has 0 atom stereocenters. The lowest BCUT2D eigenvalue weighted by Crippen LogP contribution is -2.41. The van der Waals surface area contributed by atoms with Gasteiger partial charge in [-0.05, 0) is 18.6 Å². The Balaban J connectivity index is 2.02. The van der Waals surface area contributed by atoms with E-state index in [4.69, 9.17) is 4.74 Å². The zero-order valence-corrected chi connectivity index (χ0v) is 12.3. The Morgan fingerprint density at radius 2 is 2.14 bits per heavy atom. The molecule has 0 aliphatic carbocycles. The van der Waals surface area contributed by atoms with Crippen LogP contribution in [0.5, 0.6) is 0 Å². The van der Waals surface area contributed by atoms with Crippen molar-refractivity contribution in [2.24, 2.45) is 0 Å². The van der Waals surface area contributed by atoms with Crippen LogP contribution >= 0.6 is 0 Å². The molecule has 0 bridgehead atoms. The Bertz CT molecular complexity index is 499. The van der Waals surface area contributed by atoms with E-state index in [-0.39, 0.29) is 11.8 Å². The number of unbranched alkanes of at least 4 members (excludes halogenated alkanes) is 1. The predicted molar refractivity (Wildman–Crippen MR) is 78.2 cm³/mol. The van der Waals surface area contributed by atoms with Crippen LogP contribution in [0.3, 0.4) is 0 Å². The molecule has 0 radical (unpaired) electrons. The fourth-order valence-electron chi connectivity index (χ4n) is 2.10. The van der Waals surface area contributed by atoms with Crippen molar-refractivity contribution in [1.29, 1.82) is 0 Å². The Kier molecular flexibility index (Phi) is 5.68. The van der Waals surface area contributed by atoms with Crippen molar-refractivity contribution in [2.45, 2.75) is 19.8 Å². The van der Waals surface area contributed by atoms with Gasteiger partial charge in [0.2, 0.25) is 0 Å². The summed E-state index contributed by atoms with van der Waals surface area (Å²) in [4.78, 5) is 30.1. The molecule has 0 spiro atoms. The maximum atomic E-state index is 12.3. The van der Waals surface area contributed by atoms with Gasteiger partial charge in [0.25, 0.3) is 11.8 Å². The van der Waals surface area contributed by atoms with Crippen LogP contribution in [0.4, 0.5) is 0 Å². The third-order valence-electron chi connectivity index (χ3n) is 3.36. The van der Waals surface area contributed by atoms with Crippen molar-refractivity contribution in [3.05, 3.63) is 29.6 Å². The lowest BCUT2D eigenvalue weighted by atomic mass is 10.2. The Labute approximate surface area is 124 Å². The van der Waals surface area contributed by atoms with E-state index in [1.165, 1.54) is 6.20 Å².